The molecule has 24 aromatic carbocycles. The third-order valence-electron chi connectivity index (χ3n) is 30.9. The van der Waals surface area contributed by atoms with Gasteiger partial charge in [0.2, 0.25) is 0 Å². The molecule has 149 heavy (non-hydrogen) atoms. The van der Waals surface area contributed by atoms with Gasteiger partial charge in [-0.3, -0.25) is 0 Å². The molecule has 0 bridgehead atoms. The minimum atomic E-state index is -0.0529. The van der Waals surface area contributed by atoms with Gasteiger partial charge < -0.3 is 24.5 Å². The van der Waals surface area contributed by atoms with Crippen molar-refractivity contribution >= 4 is 144 Å². The van der Waals surface area contributed by atoms with E-state index in [1.165, 1.54) is 177 Å². The van der Waals surface area contributed by atoms with Crippen LogP contribution in [0.5, 0.6) is 0 Å². The van der Waals surface area contributed by atoms with Crippen LogP contribution in [0.4, 0.5) is 85.3 Å². The number of benzene rings is 24. The summed E-state index contributed by atoms with van der Waals surface area (Å²) in [6.07, 6.45) is 0.886. The molecule has 3 aliphatic carbocycles. The normalized spacial score (nSPS) is 12.7. The smallest absolute Gasteiger partial charge is 0.0547 e. The molecule has 708 valence electrons. The van der Waals surface area contributed by atoms with E-state index in [4.69, 9.17) is 0 Å². The zero-order valence-electron chi connectivity index (χ0n) is 83.3. The number of rotatable bonds is 17. The topological polar surface area (TPSA) is 16.2 Å². The van der Waals surface area contributed by atoms with E-state index in [0.717, 1.165) is 84.8 Å². The van der Waals surface area contributed by atoms with E-state index in [2.05, 4.69) is 584 Å². The van der Waals surface area contributed by atoms with Crippen molar-refractivity contribution in [1.82, 2.24) is 0 Å². The first-order chi connectivity index (χ1) is 73.3. The second-order valence-corrected chi connectivity index (χ2v) is 41.2. The van der Waals surface area contributed by atoms with Crippen LogP contribution in [0, 0.1) is 0 Å². The maximum atomic E-state index is 3.31. The summed E-state index contributed by atoms with van der Waals surface area (Å²) in [6, 6.07) is 199. The number of hydrogen-bond donors (Lipinski definition) is 0. The fourth-order valence-corrected chi connectivity index (χ4v) is 24.2. The summed E-state index contributed by atoms with van der Waals surface area (Å²) in [5.74, 6) is 0. The SMILES string of the molecule is Brc1ccccc1.CC1(C)c2ccccc2-c2cc(N(c3ccccc3)c3ccc(-c4ccc5c6c(cccc46)-c4cc6cccc(-c7cccc(N(c8ccccc8)c8ccccc8)c7)c6cc4C5)cc3)ccc21.CC1(C)c2ccccc2-c2cc(N(c3ccccc3)c3ccc(-c4ccc5c6c(cccc46)-c4cc6cccc(-c7cccc(N(c8ccccc8)c8ccccc8)c7)c6cc4N5c4ccccc4)cc3)ccc21. The Morgan fingerprint density at radius 3 is 0.946 bits per heavy atom. The molecule has 6 heteroatoms. The first-order valence-electron chi connectivity index (χ1n) is 51.6. The zero-order chi connectivity index (χ0) is 99.8. The van der Waals surface area contributed by atoms with E-state index in [1.807, 2.05) is 30.3 Å². The quantitative estimate of drug-likeness (QED) is 0.0900. The standard InChI is InChI=1S/C71H51N3.C66H48N2.C6H5Br/c1-71(2)66-35-16-15-31-60(66)64-46-57(40-42-67(64)71)73(53-26-11-5-12-27-53)55-38-36-48(37-39-55)59-41-43-68-70-61(59)33-19-34-62(70)65-45-50-21-18-32-58(63(50)47-69(65)74(68)54-28-13-6-14-29-54)49-20-17-30-56(44-49)72(51-22-7-3-8-23-51)52-24-9-4-10-25-52;1-66(2)63-30-13-12-26-57(63)62-43-54(36-38-64(62)66)68(51-23-10-5-11-24-51)52-34-31-44(32-35-52)56-37-33-47-39-48-42-60-46(41-61(48)59-29-16-28-58(56)65(47)59)18-15-27-55(60)45-17-14-25-53(40-45)67(49-19-6-3-7-20-49)50-21-8-4-9-22-50;7-6-4-2-1-3-5-6/h3-47H,1-2H3;3-38,40-43H,39H2,1-2H3;1-5H. The molecule has 0 spiro atoms. The maximum absolute atomic E-state index is 3.31. The summed E-state index contributed by atoms with van der Waals surface area (Å²) in [5, 5.41) is 10.1. The summed E-state index contributed by atoms with van der Waals surface area (Å²) in [4.78, 5) is 11.9. The van der Waals surface area contributed by atoms with Gasteiger partial charge in [-0.15, -0.1) is 0 Å². The second-order valence-electron chi connectivity index (χ2n) is 40.3. The van der Waals surface area contributed by atoms with E-state index < -0.39 is 0 Å². The Bertz CT molecular complexity index is 9140. The molecule has 0 radical (unpaired) electrons. The van der Waals surface area contributed by atoms with E-state index >= 15 is 0 Å². The van der Waals surface area contributed by atoms with Gasteiger partial charge in [0.15, 0.2) is 0 Å². The number of halogens is 1. The second kappa shape index (κ2) is 38.1. The lowest BCUT2D eigenvalue weighted by atomic mass is 9.80. The molecule has 1 aliphatic heterocycles. The van der Waals surface area contributed by atoms with Crippen LogP contribution in [0.3, 0.4) is 0 Å². The van der Waals surface area contributed by atoms with Crippen molar-refractivity contribution in [3.8, 4) is 89.0 Å². The van der Waals surface area contributed by atoms with Crippen molar-refractivity contribution in [3.05, 3.63) is 584 Å². The van der Waals surface area contributed by atoms with Crippen molar-refractivity contribution in [3.63, 3.8) is 0 Å². The highest BCUT2D eigenvalue weighted by molar-refractivity contribution is 9.10. The molecule has 1 heterocycles. The fourth-order valence-electron chi connectivity index (χ4n) is 23.9. The van der Waals surface area contributed by atoms with Gasteiger partial charge in [-0.05, 0) is 361 Å². The molecule has 28 rings (SSSR count). The van der Waals surface area contributed by atoms with Crippen LogP contribution in [0.1, 0.15) is 61.1 Å². The van der Waals surface area contributed by atoms with Crippen molar-refractivity contribution < 1.29 is 0 Å². The lowest BCUT2D eigenvalue weighted by molar-refractivity contribution is 0.660. The molecule has 0 aromatic heterocycles. The highest BCUT2D eigenvalue weighted by Crippen LogP contribution is 2.58. The van der Waals surface area contributed by atoms with Crippen molar-refractivity contribution in [1.29, 1.82) is 0 Å². The molecule has 5 nitrogen and oxygen atoms in total. The van der Waals surface area contributed by atoms with Crippen molar-refractivity contribution in [2.24, 2.45) is 0 Å². The molecule has 0 unspecified atom stereocenters. The zero-order valence-corrected chi connectivity index (χ0v) is 84.9. The Morgan fingerprint density at radius 1 is 0.188 bits per heavy atom. The molecule has 0 N–H and O–H groups in total. The molecule has 0 saturated heterocycles. The average molecular weight is 1970 g/mol. The molecule has 0 fully saturated rings. The van der Waals surface area contributed by atoms with Crippen LogP contribution >= 0.6 is 15.9 Å². The van der Waals surface area contributed by atoms with Crippen LogP contribution in [-0.2, 0) is 17.3 Å². The summed E-state index contributed by atoms with van der Waals surface area (Å²) >= 11 is 3.31. The summed E-state index contributed by atoms with van der Waals surface area (Å²) < 4.78 is 1.13. The Morgan fingerprint density at radius 2 is 0.510 bits per heavy atom. The highest BCUT2D eigenvalue weighted by Gasteiger charge is 2.39. The minimum Gasteiger partial charge on any atom is -0.310 e. The minimum absolute atomic E-state index is 0.0372. The number of nitrogens with zero attached hydrogens (tertiary/aromatic N) is 5. The van der Waals surface area contributed by atoms with Gasteiger partial charge in [0.25, 0.3) is 0 Å². The van der Waals surface area contributed by atoms with Gasteiger partial charge in [0.1, 0.15) is 0 Å². The number of para-hydroxylation sites is 7. The van der Waals surface area contributed by atoms with E-state index in [0.29, 0.717) is 0 Å². The highest BCUT2D eigenvalue weighted by atomic mass is 79.9. The molecule has 0 atom stereocenters. The van der Waals surface area contributed by atoms with Crippen LogP contribution in [0.25, 0.3) is 132 Å². The Balaban J connectivity index is 0.000000142. The van der Waals surface area contributed by atoms with Gasteiger partial charge in [-0.2, -0.15) is 0 Å². The number of hydrogen-bond acceptors (Lipinski definition) is 5. The van der Waals surface area contributed by atoms with Crippen molar-refractivity contribution in [2.75, 3.05) is 24.5 Å². The molecular weight excluding hydrogens is 1870 g/mol. The van der Waals surface area contributed by atoms with Gasteiger partial charge in [0.05, 0.1) is 11.4 Å². The van der Waals surface area contributed by atoms with Gasteiger partial charge >= 0.3 is 0 Å². The van der Waals surface area contributed by atoms with E-state index in [1.54, 1.807) is 0 Å². The fraction of sp³-hybridized carbons (Fsp3) is 0.0490. The molecule has 0 saturated carbocycles. The van der Waals surface area contributed by atoms with Crippen LogP contribution in [0.15, 0.2) is 550 Å². The molecule has 24 aromatic rings. The third kappa shape index (κ3) is 16.4. The third-order valence-corrected chi connectivity index (χ3v) is 31.4. The number of anilines is 15. The first-order valence-corrected chi connectivity index (χ1v) is 52.4. The summed E-state index contributed by atoms with van der Waals surface area (Å²) in [7, 11) is 0. The van der Waals surface area contributed by atoms with Crippen LogP contribution in [0.2, 0.25) is 0 Å². The lowest BCUT2D eigenvalue weighted by Gasteiger charge is -2.34. The van der Waals surface area contributed by atoms with Crippen LogP contribution in [-0.4, -0.2) is 0 Å². The lowest BCUT2D eigenvalue weighted by Crippen LogP contribution is -2.15. The Labute approximate surface area is 879 Å². The first kappa shape index (κ1) is 90.8. The van der Waals surface area contributed by atoms with Crippen molar-refractivity contribution in [2.45, 2.75) is 44.9 Å². The van der Waals surface area contributed by atoms with Gasteiger partial charge in [0, 0.05) is 100 Å². The largest absolute Gasteiger partial charge is 0.310 e. The monoisotopic (exact) mass is 1970 g/mol. The molecular formula is C143H104BrN5. The van der Waals surface area contributed by atoms with E-state index in [9.17, 15) is 0 Å². The summed E-state index contributed by atoms with van der Waals surface area (Å²) in [6.45, 7) is 9.38. The van der Waals surface area contributed by atoms with E-state index in [-0.39, 0.29) is 10.8 Å². The molecule has 4 aliphatic rings. The van der Waals surface area contributed by atoms with Gasteiger partial charge in [-0.25, -0.2) is 0 Å². The number of fused-ring (bicyclic) bond motifs is 12. The van der Waals surface area contributed by atoms with Crippen LogP contribution < -0.4 is 24.5 Å². The molecule has 0 amide bonds. The Kier molecular flexibility index (Phi) is 23.2. The average Bonchev–Trinajstić information content (AvgIpc) is 1.63. The van der Waals surface area contributed by atoms with Gasteiger partial charge in [-0.1, -0.05) is 389 Å². The predicted octanol–water partition coefficient (Wildman–Crippen LogP) is 40.6. The maximum Gasteiger partial charge on any atom is 0.0547 e. The Hall–Kier alpha value is -18.2. The summed E-state index contributed by atoms with van der Waals surface area (Å²) in [5.41, 5.74) is 45.2. The predicted molar refractivity (Wildman–Crippen MR) is 635 cm³/mol.